The second kappa shape index (κ2) is 7.65. The van der Waals surface area contributed by atoms with Crippen LogP contribution in [0.1, 0.15) is 23.2 Å². The zero-order valence-corrected chi connectivity index (χ0v) is 14.0. The quantitative estimate of drug-likeness (QED) is 0.877. The van der Waals surface area contributed by atoms with E-state index in [9.17, 15) is 19.5 Å². The van der Waals surface area contributed by atoms with Crippen LogP contribution in [0.5, 0.6) is 0 Å². The van der Waals surface area contributed by atoms with E-state index in [1.54, 1.807) is 17.0 Å². The van der Waals surface area contributed by atoms with Gasteiger partial charge in [-0.25, -0.2) is 4.79 Å². The first-order valence-corrected chi connectivity index (χ1v) is 8.53. The van der Waals surface area contributed by atoms with Crippen LogP contribution >= 0.6 is 0 Å². The summed E-state index contributed by atoms with van der Waals surface area (Å²) >= 11 is 0. The van der Waals surface area contributed by atoms with E-state index >= 15 is 0 Å². The number of amides is 2. The van der Waals surface area contributed by atoms with E-state index in [1.807, 2.05) is 18.2 Å². The summed E-state index contributed by atoms with van der Waals surface area (Å²) in [6.45, 7) is 1.58. The van der Waals surface area contributed by atoms with Crippen LogP contribution in [-0.2, 0) is 14.3 Å². The Hall–Kier alpha value is -2.41. The van der Waals surface area contributed by atoms with Gasteiger partial charge >= 0.3 is 5.97 Å². The fraction of sp³-hybridized carbons (Fsp3) is 0.500. The number of ether oxygens (including phenoxy) is 1. The predicted molar refractivity (Wildman–Crippen MR) is 89.0 cm³/mol. The van der Waals surface area contributed by atoms with Crippen molar-refractivity contribution >= 4 is 17.8 Å². The first-order chi connectivity index (χ1) is 12.1. The number of benzene rings is 1. The molecule has 2 aliphatic heterocycles. The van der Waals surface area contributed by atoms with Gasteiger partial charge in [-0.1, -0.05) is 18.2 Å². The van der Waals surface area contributed by atoms with Gasteiger partial charge < -0.3 is 19.6 Å². The molecule has 2 unspecified atom stereocenters. The summed E-state index contributed by atoms with van der Waals surface area (Å²) in [4.78, 5) is 39.9. The molecule has 2 atom stereocenters. The highest BCUT2D eigenvalue weighted by atomic mass is 16.5. The normalized spacial score (nSPS) is 24.0. The Bertz CT molecular complexity index is 648. The van der Waals surface area contributed by atoms with Gasteiger partial charge in [-0.05, 0) is 25.0 Å². The van der Waals surface area contributed by atoms with Crippen molar-refractivity contribution in [2.24, 2.45) is 5.92 Å². The first-order valence-electron chi connectivity index (χ1n) is 8.53. The van der Waals surface area contributed by atoms with E-state index in [0.29, 0.717) is 31.7 Å². The van der Waals surface area contributed by atoms with Crippen molar-refractivity contribution in [2.75, 3.05) is 32.8 Å². The van der Waals surface area contributed by atoms with Gasteiger partial charge in [0.05, 0.1) is 19.1 Å². The van der Waals surface area contributed by atoms with E-state index in [1.165, 1.54) is 4.90 Å². The molecule has 2 fully saturated rings. The van der Waals surface area contributed by atoms with Gasteiger partial charge in [0, 0.05) is 25.2 Å². The smallest absolute Gasteiger partial charge is 0.328 e. The molecular formula is C18H22N2O5. The molecule has 0 spiro atoms. The minimum absolute atomic E-state index is 0.0143. The monoisotopic (exact) mass is 346 g/mol. The Morgan fingerprint density at radius 2 is 1.88 bits per heavy atom. The third kappa shape index (κ3) is 3.82. The maximum absolute atomic E-state index is 12.8. The lowest BCUT2D eigenvalue weighted by Gasteiger charge is -2.38. The number of carbonyl (C=O) groups is 3. The minimum atomic E-state index is -1.05. The molecule has 2 heterocycles. The second-order valence-corrected chi connectivity index (χ2v) is 6.42. The number of hydrogen-bond donors (Lipinski definition) is 1. The summed E-state index contributed by atoms with van der Waals surface area (Å²) in [5.74, 6) is -1.70. The fourth-order valence-corrected chi connectivity index (χ4v) is 3.43. The van der Waals surface area contributed by atoms with Crippen molar-refractivity contribution in [1.82, 2.24) is 9.80 Å². The Kier molecular flexibility index (Phi) is 5.33. The van der Waals surface area contributed by atoms with Crippen molar-refractivity contribution in [3.63, 3.8) is 0 Å². The minimum Gasteiger partial charge on any atom is -0.480 e. The Labute approximate surface area is 146 Å². The Balaban J connectivity index is 1.69. The molecular weight excluding hydrogens is 324 g/mol. The van der Waals surface area contributed by atoms with Crippen molar-refractivity contribution in [3.8, 4) is 0 Å². The molecule has 1 aromatic carbocycles. The van der Waals surface area contributed by atoms with Crippen LogP contribution in [0.25, 0.3) is 0 Å². The van der Waals surface area contributed by atoms with Crippen LogP contribution in [0.4, 0.5) is 0 Å². The Morgan fingerprint density at radius 1 is 1.12 bits per heavy atom. The number of rotatable bonds is 3. The molecule has 3 rings (SSSR count). The lowest BCUT2D eigenvalue weighted by atomic mass is 9.95. The fourth-order valence-electron chi connectivity index (χ4n) is 3.43. The van der Waals surface area contributed by atoms with Crippen molar-refractivity contribution in [1.29, 1.82) is 0 Å². The third-order valence-electron chi connectivity index (χ3n) is 4.78. The van der Waals surface area contributed by atoms with E-state index < -0.39 is 12.0 Å². The van der Waals surface area contributed by atoms with E-state index in [2.05, 4.69) is 0 Å². The average Bonchev–Trinajstić information content (AvgIpc) is 2.67. The number of likely N-dealkylation sites (tertiary alicyclic amines) is 1. The largest absolute Gasteiger partial charge is 0.480 e. The molecule has 1 aromatic rings. The van der Waals surface area contributed by atoms with E-state index in [-0.39, 0.29) is 30.9 Å². The highest BCUT2D eigenvalue weighted by molar-refractivity contribution is 5.94. The zero-order chi connectivity index (χ0) is 17.8. The second-order valence-electron chi connectivity index (χ2n) is 6.42. The summed E-state index contributed by atoms with van der Waals surface area (Å²) in [6, 6.07) is 8.05. The summed E-state index contributed by atoms with van der Waals surface area (Å²) in [6.07, 6.45) is 1.40. The van der Waals surface area contributed by atoms with Crippen LogP contribution in [-0.4, -0.2) is 71.6 Å². The van der Waals surface area contributed by atoms with Crippen LogP contribution in [0, 0.1) is 5.92 Å². The van der Waals surface area contributed by atoms with Crippen LogP contribution in [0.3, 0.4) is 0 Å². The molecule has 0 saturated carbocycles. The topological polar surface area (TPSA) is 87.2 Å². The average molecular weight is 346 g/mol. The third-order valence-corrected chi connectivity index (χ3v) is 4.78. The molecule has 0 aromatic heterocycles. The molecule has 2 saturated heterocycles. The SMILES string of the molecule is O=C(O)C1COCCN1C(=O)C1CCCN(C(=O)c2ccccc2)C1. The van der Waals surface area contributed by atoms with E-state index in [0.717, 1.165) is 6.42 Å². The number of carboxylic acid groups (broad SMARTS) is 1. The molecule has 134 valence electrons. The number of carbonyl (C=O) groups excluding carboxylic acids is 2. The molecule has 7 heteroatoms. The van der Waals surface area contributed by atoms with Crippen molar-refractivity contribution < 1.29 is 24.2 Å². The lowest BCUT2D eigenvalue weighted by molar-refractivity contribution is -0.161. The van der Waals surface area contributed by atoms with E-state index in [4.69, 9.17) is 4.74 Å². The molecule has 0 bridgehead atoms. The Morgan fingerprint density at radius 3 is 2.60 bits per heavy atom. The first kappa shape index (κ1) is 17.4. The molecule has 1 N–H and O–H groups in total. The highest BCUT2D eigenvalue weighted by Gasteiger charge is 2.38. The number of aliphatic carboxylic acids is 1. The summed E-state index contributed by atoms with van der Waals surface area (Å²) in [5.41, 5.74) is 0.602. The predicted octanol–water partition coefficient (Wildman–Crippen LogP) is 0.851. The summed E-state index contributed by atoms with van der Waals surface area (Å²) in [5, 5.41) is 9.31. The van der Waals surface area contributed by atoms with Crippen LogP contribution < -0.4 is 0 Å². The lowest BCUT2D eigenvalue weighted by Crippen LogP contribution is -2.56. The maximum atomic E-state index is 12.8. The zero-order valence-electron chi connectivity index (χ0n) is 14.0. The summed E-state index contributed by atoms with van der Waals surface area (Å²) < 4.78 is 5.19. The van der Waals surface area contributed by atoms with Gasteiger partial charge in [0.25, 0.3) is 5.91 Å². The molecule has 7 nitrogen and oxygen atoms in total. The number of hydrogen-bond acceptors (Lipinski definition) is 4. The van der Waals surface area contributed by atoms with Gasteiger partial charge in [0.2, 0.25) is 5.91 Å². The van der Waals surface area contributed by atoms with Gasteiger partial charge in [0.15, 0.2) is 6.04 Å². The molecule has 0 radical (unpaired) electrons. The highest BCUT2D eigenvalue weighted by Crippen LogP contribution is 2.22. The van der Waals surface area contributed by atoms with Crippen LogP contribution in [0.15, 0.2) is 30.3 Å². The number of morpholine rings is 1. The number of carboxylic acids is 1. The van der Waals surface area contributed by atoms with Gasteiger partial charge in [-0.3, -0.25) is 9.59 Å². The number of nitrogens with zero attached hydrogens (tertiary/aromatic N) is 2. The van der Waals surface area contributed by atoms with Crippen LogP contribution in [0.2, 0.25) is 0 Å². The van der Waals surface area contributed by atoms with Crippen molar-refractivity contribution in [2.45, 2.75) is 18.9 Å². The van der Waals surface area contributed by atoms with Gasteiger partial charge in [0.1, 0.15) is 0 Å². The molecule has 2 aliphatic rings. The number of piperidine rings is 1. The van der Waals surface area contributed by atoms with Gasteiger partial charge in [-0.15, -0.1) is 0 Å². The molecule has 0 aliphatic carbocycles. The summed E-state index contributed by atoms with van der Waals surface area (Å²) in [7, 11) is 0. The van der Waals surface area contributed by atoms with Gasteiger partial charge in [-0.2, -0.15) is 0 Å². The standard InChI is InChI=1S/C18H22N2O5/c21-16(13-5-2-1-3-6-13)19-8-4-7-14(11-19)17(22)20-9-10-25-12-15(20)18(23)24/h1-3,5-6,14-15H,4,7-12H2,(H,23,24). The van der Waals surface area contributed by atoms with Crippen molar-refractivity contribution in [3.05, 3.63) is 35.9 Å². The molecule has 2 amide bonds. The molecule has 25 heavy (non-hydrogen) atoms. The maximum Gasteiger partial charge on any atom is 0.328 e.